The Morgan fingerprint density at radius 3 is 2.65 bits per heavy atom. The van der Waals surface area contributed by atoms with Crippen molar-refractivity contribution in [2.75, 3.05) is 18.1 Å². The van der Waals surface area contributed by atoms with Crippen LogP contribution in [0, 0.1) is 4.91 Å². The quantitative estimate of drug-likeness (QED) is 0.645. The number of nitroso groups, excluding NO2 is 1. The summed E-state index contributed by atoms with van der Waals surface area (Å²) in [5, 5.41) is 3.59. The Bertz CT molecular complexity index is 506. The summed E-state index contributed by atoms with van der Waals surface area (Å²) in [6, 6.07) is 7.75. The van der Waals surface area contributed by atoms with Crippen LogP contribution in [-0.2, 0) is 9.59 Å². The Labute approximate surface area is 116 Å². The van der Waals surface area contributed by atoms with Crippen LogP contribution in [0.4, 0.5) is 5.69 Å². The second-order valence-corrected chi connectivity index (χ2v) is 4.52. The van der Waals surface area contributed by atoms with E-state index in [1.54, 1.807) is 30.3 Å². The van der Waals surface area contributed by atoms with Gasteiger partial charge in [-0.3, -0.25) is 9.59 Å². The Balaban J connectivity index is 2.20. The number of amides is 2. The number of hydrogen-bond acceptors (Lipinski definition) is 5. The van der Waals surface area contributed by atoms with E-state index in [4.69, 9.17) is 5.73 Å². The highest BCUT2D eigenvalue weighted by Crippen LogP contribution is 2.23. The number of carbonyl (C=O) groups is 2. The lowest BCUT2D eigenvalue weighted by atomic mass is 10.2. The number of anilines is 1. The SMILES string of the molecule is NCC(=O)N1CCC[C@H]1C(=O)N(N=O)c1ccccc1. The van der Waals surface area contributed by atoms with Gasteiger partial charge in [-0.2, -0.15) is 5.01 Å². The Morgan fingerprint density at radius 2 is 2.05 bits per heavy atom. The van der Waals surface area contributed by atoms with Gasteiger partial charge in [-0.15, -0.1) is 4.91 Å². The van der Waals surface area contributed by atoms with Crippen molar-refractivity contribution in [2.24, 2.45) is 11.0 Å². The van der Waals surface area contributed by atoms with Gasteiger partial charge >= 0.3 is 0 Å². The first-order valence-corrected chi connectivity index (χ1v) is 6.41. The molecule has 1 aliphatic heterocycles. The predicted molar refractivity (Wildman–Crippen MR) is 73.5 cm³/mol. The van der Waals surface area contributed by atoms with Gasteiger partial charge in [-0.1, -0.05) is 18.2 Å². The number of nitrogens with two attached hydrogens (primary N) is 1. The highest BCUT2D eigenvalue weighted by atomic mass is 16.3. The Morgan fingerprint density at radius 1 is 1.35 bits per heavy atom. The Hall–Kier alpha value is -2.28. The zero-order valence-corrected chi connectivity index (χ0v) is 10.9. The van der Waals surface area contributed by atoms with Crippen molar-refractivity contribution in [3.05, 3.63) is 35.2 Å². The molecule has 0 bridgehead atoms. The van der Waals surface area contributed by atoms with Gasteiger partial charge in [0.1, 0.15) is 6.04 Å². The predicted octanol–water partition coefficient (Wildman–Crippen LogP) is 0.651. The minimum absolute atomic E-state index is 0.149. The first-order valence-electron chi connectivity index (χ1n) is 6.41. The van der Waals surface area contributed by atoms with Crippen LogP contribution in [0.5, 0.6) is 0 Å². The summed E-state index contributed by atoms with van der Waals surface area (Å²) in [5.74, 6) is -0.787. The lowest BCUT2D eigenvalue weighted by molar-refractivity contribution is -0.136. The van der Waals surface area contributed by atoms with E-state index in [1.807, 2.05) is 0 Å². The number of hydrogen-bond donors (Lipinski definition) is 1. The van der Waals surface area contributed by atoms with Gasteiger partial charge < -0.3 is 10.6 Å². The summed E-state index contributed by atoms with van der Waals surface area (Å²) >= 11 is 0. The van der Waals surface area contributed by atoms with Crippen molar-refractivity contribution in [1.29, 1.82) is 0 Å². The van der Waals surface area contributed by atoms with Crippen LogP contribution >= 0.6 is 0 Å². The van der Waals surface area contributed by atoms with Gasteiger partial charge in [-0.05, 0) is 25.0 Å². The zero-order valence-electron chi connectivity index (χ0n) is 10.9. The molecule has 2 N–H and O–H groups in total. The molecule has 0 aliphatic carbocycles. The summed E-state index contributed by atoms with van der Waals surface area (Å²) in [5.41, 5.74) is 5.72. The largest absolute Gasteiger partial charge is 0.329 e. The molecular formula is C13H16N4O3. The maximum Gasteiger partial charge on any atom is 0.272 e. The normalized spacial score (nSPS) is 17.9. The molecule has 7 nitrogen and oxygen atoms in total. The van der Waals surface area contributed by atoms with Crippen LogP contribution in [0.2, 0.25) is 0 Å². The van der Waals surface area contributed by atoms with Crippen molar-refractivity contribution in [1.82, 2.24) is 4.90 Å². The molecule has 1 saturated heterocycles. The number of likely N-dealkylation sites (tertiary alicyclic amines) is 1. The highest BCUT2D eigenvalue weighted by Gasteiger charge is 2.37. The fourth-order valence-electron chi connectivity index (χ4n) is 2.36. The number of carbonyl (C=O) groups excluding carboxylic acids is 2. The monoisotopic (exact) mass is 276 g/mol. The van der Waals surface area contributed by atoms with Crippen molar-refractivity contribution in [3.8, 4) is 0 Å². The van der Waals surface area contributed by atoms with Crippen molar-refractivity contribution >= 4 is 17.5 Å². The summed E-state index contributed by atoms with van der Waals surface area (Å²) < 4.78 is 0. The molecule has 7 heteroatoms. The van der Waals surface area contributed by atoms with E-state index in [0.29, 0.717) is 25.1 Å². The van der Waals surface area contributed by atoms with Crippen molar-refractivity contribution in [3.63, 3.8) is 0 Å². The van der Waals surface area contributed by atoms with Gasteiger partial charge in [0.15, 0.2) is 0 Å². The molecule has 1 aliphatic rings. The number of para-hydroxylation sites is 1. The maximum atomic E-state index is 12.4. The third-order valence-electron chi connectivity index (χ3n) is 3.32. The van der Waals surface area contributed by atoms with Crippen LogP contribution < -0.4 is 10.7 Å². The topological polar surface area (TPSA) is 96.1 Å². The minimum Gasteiger partial charge on any atom is -0.329 e. The molecule has 0 radical (unpaired) electrons. The van der Waals surface area contributed by atoms with Crippen LogP contribution in [0.25, 0.3) is 0 Å². The summed E-state index contributed by atoms with van der Waals surface area (Å²) in [7, 11) is 0. The molecule has 0 unspecified atom stereocenters. The zero-order chi connectivity index (χ0) is 14.5. The van der Waals surface area contributed by atoms with E-state index in [1.165, 1.54) is 4.90 Å². The van der Waals surface area contributed by atoms with Crippen LogP contribution in [0.1, 0.15) is 12.8 Å². The molecule has 2 rings (SSSR count). The van der Waals surface area contributed by atoms with E-state index in [9.17, 15) is 14.5 Å². The highest BCUT2D eigenvalue weighted by molar-refractivity contribution is 5.99. The van der Waals surface area contributed by atoms with E-state index in [0.717, 1.165) is 5.01 Å². The molecule has 2 amide bonds. The van der Waals surface area contributed by atoms with Crippen molar-refractivity contribution in [2.45, 2.75) is 18.9 Å². The average Bonchev–Trinajstić information content (AvgIpc) is 2.97. The smallest absolute Gasteiger partial charge is 0.272 e. The molecule has 1 atom stereocenters. The van der Waals surface area contributed by atoms with Gasteiger partial charge in [0.2, 0.25) is 5.91 Å². The third kappa shape index (κ3) is 2.67. The minimum atomic E-state index is -0.663. The molecular weight excluding hydrogens is 260 g/mol. The number of nitrogens with zero attached hydrogens (tertiary/aromatic N) is 3. The Kier molecular flexibility index (Phi) is 4.41. The second kappa shape index (κ2) is 6.25. The molecule has 106 valence electrons. The summed E-state index contributed by atoms with van der Waals surface area (Å²) in [4.78, 5) is 36.5. The molecule has 1 fully saturated rings. The molecule has 1 aromatic carbocycles. The number of benzene rings is 1. The molecule has 0 saturated carbocycles. The molecule has 1 heterocycles. The van der Waals surface area contributed by atoms with E-state index in [-0.39, 0.29) is 12.5 Å². The maximum absolute atomic E-state index is 12.4. The fourth-order valence-corrected chi connectivity index (χ4v) is 2.36. The molecule has 0 spiro atoms. The first kappa shape index (κ1) is 14.1. The lowest BCUT2D eigenvalue weighted by Gasteiger charge is -2.25. The molecule has 20 heavy (non-hydrogen) atoms. The van der Waals surface area contributed by atoms with Gasteiger partial charge in [0, 0.05) is 6.54 Å². The summed E-state index contributed by atoms with van der Waals surface area (Å²) in [6.45, 7) is 0.331. The summed E-state index contributed by atoms with van der Waals surface area (Å²) in [6.07, 6.45) is 1.23. The van der Waals surface area contributed by atoms with Gasteiger partial charge in [0.05, 0.1) is 17.5 Å². The van der Waals surface area contributed by atoms with Crippen LogP contribution in [0.15, 0.2) is 35.6 Å². The standard InChI is InChI=1S/C13H16N4O3/c14-9-12(18)16-8-4-7-11(16)13(19)17(15-20)10-5-2-1-3-6-10/h1-3,5-6,11H,4,7-9,14H2/t11-/m0/s1. The molecule has 1 aromatic rings. The van der Waals surface area contributed by atoms with Gasteiger partial charge in [-0.25, -0.2) is 0 Å². The number of rotatable bonds is 4. The fraction of sp³-hybridized carbons (Fsp3) is 0.385. The van der Waals surface area contributed by atoms with Crippen LogP contribution in [-0.4, -0.2) is 35.8 Å². The lowest BCUT2D eigenvalue weighted by Crippen LogP contribution is -2.48. The molecule has 0 aromatic heterocycles. The average molecular weight is 276 g/mol. The van der Waals surface area contributed by atoms with Gasteiger partial charge in [0.25, 0.3) is 5.91 Å². The second-order valence-electron chi connectivity index (χ2n) is 4.52. The van der Waals surface area contributed by atoms with Crippen LogP contribution in [0.3, 0.4) is 0 Å². The first-order chi connectivity index (χ1) is 9.69. The van der Waals surface area contributed by atoms with E-state index < -0.39 is 11.9 Å². The van der Waals surface area contributed by atoms with E-state index in [2.05, 4.69) is 5.29 Å². The third-order valence-corrected chi connectivity index (χ3v) is 3.32. The van der Waals surface area contributed by atoms with E-state index >= 15 is 0 Å². The van der Waals surface area contributed by atoms with Crippen molar-refractivity contribution < 1.29 is 9.59 Å².